The summed E-state index contributed by atoms with van der Waals surface area (Å²) in [4.78, 5) is 38.5. The minimum absolute atomic E-state index is 0.0189. The van der Waals surface area contributed by atoms with Gasteiger partial charge in [-0.2, -0.15) is 0 Å². The highest BCUT2D eigenvalue weighted by Crippen LogP contribution is 2.32. The number of hydrogen-bond donors (Lipinski definition) is 1. The van der Waals surface area contributed by atoms with Crippen molar-refractivity contribution in [2.24, 2.45) is 5.92 Å². The topological polar surface area (TPSA) is 85.4 Å². The molecular formula is C30H36ClFN2O4S. The Morgan fingerprint density at radius 3 is 2.28 bits per heavy atom. The van der Waals surface area contributed by atoms with Crippen molar-refractivity contribution in [2.75, 3.05) is 12.4 Å². The van der Waals surface area contributed by atoms with Crippen LogP contribution in [-0.2, 0) is 14.3 Å². The zero-order chi connectivity index (χ0) is 28.9. The van der Waals surface area contributed by atoms with Crippen LogP contribution in [0.3, 0.4) is 0 Å². The average Bonchev–Trinajstić information content (AvgIpc) is 3.41. The molecule has 2 aromatic carbocycles. The fourth-order valence-corrected chi connectivity index (χ4v) is 4.92. The number of methoxy groups -OCH3 is 1. The van der Waals surface area contributed by atoms with E-state index >= 15 is 0 Å². The lowest BCUT2D eigenvalue weighted by Gasteiger charge is -2.12. The Kier molecular flexibility index (Phi) is 13.3. The van der Waals surface area contributed by atoms with Crippen LogP contribution in [0.5, 0.6) is 0 Å². The van der Waals surface area contributed by atoms with Gasteiger partial charge in [-0.05, 0) is 55.7 Å². The second kappa shape index (κ2) is 16.1. The van der Waals surface area contributed by atoms with Crippen LogP contribution in [-0.4, -0.2) is 29.8 Å². The molecule has 39 heavy (non-hydrogen) atoms. The molecule has 1 amide bonds. The van der Waals surface area contributed by atoms with Crippen molar-refractivity contribution in [1.82, 2.24) is 4.98 Å². The molecule has 1 atom stereocenters. The van der Waals surface area contributed by atoms with Gasteiger partial charge < -0.3 is 10.1 Å². The maximum atomic E-state index is 13.9. The number of nitrogens with one attached hydrogen (secondary N) is 1. The molecule has 0 aliphatic carbocycles. The van der Waals surface area contributed by atoms with E-state index in [2.05, 4.69) is 28.9 Å². The smallest absolute Gasteiger partial charge is 0.306 e. The van der Waals surface area contributed by atoms with Crippen LogP contribution in [0.15, 0.2) is 47.8 Å². The lowest BCUT2D eigenvalue weighted by Crippen LogP contribution is -2.13. The number of thiazole rings is 1. The van der Waals surface area contributed by atoms with E-state index in [1.165, 1.54) is 37.5 Å². The van der Waals surface area contributed by atoms with E-state index in [1.807, 2.05) is 0 Å². The van der Waals surface area contributed by atoms with E-state index in [0.717, 1.165) is 36.3 Å². The molecule has 1 heterocycles. The lowest BCUT2D eigenvalue weighted by atomic mass is 9.99. The van der Waals surface area contributed by atoms with Gasteiger partial charge in [0, 0.05) is 33.5 Å². The Bertz CT molecular complexity index is 1240. The fraction of sp³-hybridized carbons (Fsp3) is 0.400. The summed E-state index contributed by atoms with van der Waals surface area (Å²) in [7, 11) is 1.31. The molecule has 1 aromatic heterocycles. The first-order chi connectivity index (χ1) is 18.6. The summed E-state index contributed by atoms with van der Waals surface area (Å²) in [5.41, 5.74) is 2.30. The number of nitrogens with zero attached hydrogens (tertiary/aromatic N) is 1. The molecule has 9 heteroatoms. The third-order valence-electron chi connectivity index (χ3n) is 6.16. The fourth-order valence-electron chi connectivity index (χ4n) is 3.82. The second-order valence-corrected chi connectivity index (χ2v) is 10.6. The first-order valence-corrected chi connectivity index (χ1v) is 14.2. The maximum absolute atomic E-state index is 13.9. The lowest BCUT2D eigenvalue weighted by molar-refractivity contribution is -0.143. The van der Waals surface area contributed by atoms with Crippen LogP contribution < -0.4 is 5.32 Å². The summed E-state index contributed by atoms with van der Waals surface area (Å²) >= 11 is 7.49. The molecule has 6 nitrogen and oxygen atoms in total. The van der Waals surface area contributed by atoms with Gasteiger partial charge in [0.1, 0.15) is 17.3 Å². The molecule has 1 unspecified atom stereocenters. The third kappa shape index (κ3) is 10.2. The third-order valence-corrected chi connectivity index (χ3v) is 7.42. The molecule has 3 rings (SSSR count). The van der Waals surface area contributed by atoms with E-state index in [1.54, 1.807) is 42.6 Å². The van der Waals surface area contributed by atoms with Crippen molar-refractivity contribution in [2.45, 2.75) is 65.7 Å². The van der Waals surface area contributed by atoms with Crippen LogP contribution in [0, 0.1) is 11.7 Å². The zero-order valence-corrected chi connectivity index (χ0v) is 24.6. The van der Waals surface area contributed by atoms with Gasteiger partial charge in [0.15, 0.2) is 0 Å². The normalized spacial score (nSPS) is 11.4. The van der Waals surface area contributed by atoms with Crippen molar-refractivity contribution in [3.63, 3.8) is 0 Å². The molecule has 0 saturated carbocycles. The predicted molar refractivity (Wildman–Crippen MR) is 156 cm³/mol. The summed E-state index contributed by atoms with van der Waals surface area (Å²) in [6, 6.07) is 11.4. The van der Waals surface area contributed by atoms with E-state index < -0.39 is 0 Å². The van der Waals surface area contributed by atoms with E-state index in [-0.39, 0.29) is 35.8 Å². The number of rotatable bonds is 11. The molecule has 0 bridgehead atoms. The van der Waals surface area contributed by atoms with E-state index in [4.69, 9.17) is 11.6 Å². The second-order valence-electron chi connectivity index (χ2n) is 9.29. The van der Waals surface area contributed by atoms with Gasteiger partial charge in [0.05, 0.1) is 18.5 Å². The molecule has 0 fully saturated rings. The van der Waals surface area contributed by atoms with Gasteiger partial charge in [-0.15, -0.1) is 11.3 Å². The number of ether oxygens (including phenoxy) is 1. The summed E-state index contributed by atoms with van der Waals surface area (Å²) in [5, 5.41) is 6.30. The highest BCUT2D eigenvalue weighted by Gasteiger charge is 2.18. The number of hydrogen-bond acceptors (Lipinski definition) is 6. The highest BCUT2D eigenvalue weighted by atomic mass is 35.5. The van der Waals surface area contributed by atoms with Crippen molar-refractivity contribution in [3.05, 3.63) is 69.4 Å². The molecule has 0 aliphatic heterocycles. The van der Waals surface area contributed by atoms with Gasteiger partial charge in [-0.25, -0.2) is 9.37 Å². The molecular weight excluding hydrogens is 539 g/mol. The molecule has 1 N–H and O–H groups in total. The Morgan fingerprint density at radius 2 is 1.72 bits per heavy atom. The number of benzene rings is 2. The van der Waals surface area contributed by atoms with Gasteiger partial charge >= 0.3 is 5.97 Å². The summed E-state index contributed by atoms with van der Waals surface area (Å²) in [5.74, 6) is -0.792. The van der Waals surface area contributed by atoms with Crippen LogP contribution in [0.2, 0.25) is 5.02 Å². The molecule has 3 aromatic rings. The number of esters is 1. The Balaban J connectivity index is 0.000000455. The van der Waals surface area contributed by atoms with Crippen molar-refractivity contribution in [1.29, 1.82) is 0 Å². The SMILES string of the molecule is CCCC(CCC)c1nc(C(=O)Nc2ccc(F)cc2-c2ccc(Cl)cc2)cs1.COC(=O)CC(C)C(C)=O. The minimum Gasteiger partial charge on any atom is -0.469 e. The number of anilines is 1. The number of halogens is 2. The average molecular weight is 575 g/mol. The molecule has 0 radical (unpaired) electrons. The summed E-state index contributed by atoms with van der Waals surface area (Å²) in [6.45, 7) is 7.50. The Labute approximate surface area is 239 Å². The van der Waals surface area contributed by atoms with Gasteiger partial charge in [0.25, 0.3) is 5.91 Å². The highest BCUT2D eigenvalue weighted by molar-refractivity contribution is 7.10. The first-order valence-electron chi connectivity index (χ1n) is 13.0. The van der Waals surface area contributed by atoms with Crippen molar-refractivity contribution >= 4 is 46.3 Å². The number of carbonyl (C=O) groups is 3. The Morgan fingerprint density at radius 1 is 1.08 bits per heavy atom. The molecule has 0 saturated heterocycles. The maximum Gasteiger partial charge on any atom is 0.306 e. The molecule has 0 spiro atoms. The van der Waals surface area contributed by atoms with Crippen LogP contribution in [0.1, 0.15) is 81.2 Å². The van der Waals surface area contributed by atoms with E-state index in [9.17, 15) is 18.8 Å². The number of amides is 1. The number of ketones is 1. The predicted octanol–water partition coefficient (Wildman–Crippen LogP) is 8.31. The quantitative estimate of drug-likeness (QED) is 0.233. The zero-order valence-electron chi connectivity index (χ0n) is 23.1. The first kappa shape index (κ1) is 32.1. The van der Waals surface area contributed by atoms with Gasteiger partial charge in [-0.3, -0.25) is 14.4 Å². The Hall–Kier alpha value is -3.10. The van der Waals surface area contributed by atoms with Gasteiger partial charge in [0.2, 0.25) is 0 Å². The number of aromatic nitrogens is 1. The molecule has 210 valence electrons. The number of Topliss-reactive ketones (excluding diaryl/α,β-unsaturated/α-hetero) is 1. The van der Waals surface area contributed by atoms with Crippen LogP contribution >= 0.6 is 22.9 Å². The monoisotopic (exact) mass is 574 g/mol. The van der Waals surface area contributed by atoms with E-state index in [0.29, 0.717) is 27.9 Å². The van der Waals surface area contributed by atoms with Gasteiger partial charge in [-0.1, -0.05) is 57.3 Å². The summed E-state index contributed by atoms with van der Waals surface area (Å²) < 4.78 is 18.2. The minimum atomic E-state index is -0.370. The van der Waals surface area contributed by atoms with Crippen LogP contribution in [0.4, 0.5) is 10.1 Å². The number of carbonyl (C=O) groups excluding carboxylic acids is 3. The molecule has 0 aliphatic rings. The van der Waals surface area contributed by atoms with Crippen molar-refractivity contribution in [3.8, 4) is 11.1 Å². The van der Waals surface area contributed by atoms with Crippen LogP contribution in [0.25, 0.3) is 11.1 Å². The van der Waals surface area contributed by atoms with Crippen molar-refractivity contribution < 1.29 is 23.5 Å². The summed E-state index contributed by atoms with van der Waals surface area (Å²) in [6.07, 6.45) is 4.51. The standard InChI is InChI=1S/C23H24ClFN2OS.C7H12O3/c1-3-5-16(6-4-2)23-27-21(14-29-23)22(28)26-20-12-11-18(25)13-19(20)15-7-9-17(24)10-8-15;1-5(6(2)8)4-7(9)10-3/h7-14,16H,3-6H2,1-2H3,(H,26,28);5H,4H2,1-3H3. The largest absolute Gasteiger partial charge is 0.469 e.